The Hall–Kier alpha value is -1.69. The standard InChI is InChI=1S/C8H9F2N3O/c1-2-3-14-8-6(10)4-5(9)7(12-8)13-11/h2,4H,1,3,11H2,(H,12,13). The molecule has 76 valence electrons. The molecule has 0 fully saturated rings. The van der Waals surface area contributed by atoms with E-state index in [4.69, 9.17) is 10.6 Å². The van der Waals surface area contributed by atoms with E-state index in [1.54, 1.807) is 0 Å². The van der Waals surface area contributed by atoms with Crippen LogP contribution in [0, 0.1) is 11.6 Å². The zero-order valence-electron chi connectivity index (χ0n) is 7.26. The van der Waals surface area contributed by atoms with Gasteiger partial charge in [0, 0.05) is 6.07 Å². The van der Waals surface area contributed by atoms with Gasteiger partial charge in [0.1, 0.15) is 6.61 Å². The number of halogens is 2. The lowest BCUT2D eigenvalue weighted by Gasteiger charge is -2.06. The minimum absolute atomic E-state index is 0.0829. The topological polar surface area (TPSA) is 60.2 Å². The Morgan fingerprint density at radius 1 is 1.57 bits per heavy atom. The maximum absolute atomic E-state index is 13.0. The number of aromatic nitrogens is 1. The van der Waals surface area contributed by atoms with Crippen molar-refractivity contribution in [2.24, 2.45) is 5.84 Å². The Morgan fingerprint density at radius 3 is 2.86 bits per heavy atom. The lowest BCUT2D eigenvalue weighted by molar-refractivity contribution is 0.325. The zero-order chi connectivity index (χ0) is 10.6. The first-order chi connectivity index (χ1) is 6.69. The van der Waals surface area contributed by atoms with Crippen molar-refractivity contribution >= 4 is 5.82 Å². The maximum atomic E-state index is 13.0. The van der Waals surface area contributed by atoms with E-state index in [1.807, 2.05) is 5.43 Å². The quantitative estimate of drug-likeness (QED) is 0.436. The van der Waals surface area contributed by atoms with Crippen LogP contribution in [-0.4, -0.2) is 11.6 Å². The third-order valence-electron chi connectivity index (χ3n) is 1.37. The van der Waals surface area contributed by atoms with E-state index in [1.165, 1.54) is 6.08 Å². The summed E-state index contributed by atoms with van der Waals surface area (Å²) in [5.41, 5.74) is 1.98. The number of hydrogen-bond donors (Lipinski definition) is 2. The zero-order valence-corrected chi connectivity index (χ0v) is 7.26. The van der Waals surface area contributed by atoms with E-state index < -0.39 is 11.6 Å². The average molecular weight is 201 g/mol. The maximum Gasteiger partial charge on any atom is 0.252 e. The van der Waals surface area contributed by atoms with Crippen LogP contribution in [0.4, 0.5) is 14.6 Å². The molecule has 4 nitrogen and oxygen atoms in total. The van der Waals surface area contributed by atoms with Crippen molar-refractivity contribution in [3.63, 3.8) is 0 Å². The van der Waals surface area contributed by atoms with Gasteiger partial charge in [-0.2, -0.15) is 4.98 Å². The fourth-order valence-electron chi connectivity index (χ4n) is 0.790. The monoisotopic (exact) mass is 201 g/mol. The predicted molar refractivity (Wildman–Crippen MR) is 47.7 cm³/mol. The first kappa shape index (κ1) is 10.4. The minimum Gasteiger partial charge on any atom is -0.471 e. The molecule has 0 radical (unpaired) electrons. The van der Waals surface area contributed by atoms with Gasteiger partial charge >= 0.3 is 0 Å². The molecular weight excluding hydrogens is 192 g/mol. The van der Waals surface area contributed by atoms with Crippen LogP contribution in [0.15, 0.2) is 18.7 Å². The third-order valence-corrected chi connectivity index (χ3v) is 1.37. The van der Waals surface area contributed by atoms with Gasteiger partial charge in [-0.25, -0.2) is 14.6 Å². The van der Waals surface area contributed by atoms with E-state index in [0.29, 0.717) is 6.07 Å². The Balaban J connectivity index is 2.98. The van der Waals surface area contributed by atoms with Crippen molar-refractivity contribution in [2.45, 2.75) is 0 Å². The van der Waals surface area contributed by atoms with E-state index in [9.17, 15) is 8.78 Å². The number of rotatable bonds is 4. The van der Waals surface area contributed by atoms with Crippen molar-refractivity contribution in [1.82, 2.24) is 4.98 Å². The molecule has 3 N–H and O–H groups in total. The smallest absolute Gasteiger partial charge is 0.252 e. The minimum atomic E-state index is -0.886. The van der Waals surface area contributed by atoms with Crippen LogP contribution >= 0.6 is 0 Å². The van der Waals surface area contributed by atoms with Crippen molar-refractivity contribution in [2.75, 3.05) is 12.0 Å². The number of nitrogens with one attached hydrogen (secondary N) is 1. The number of ether oxygens (including phenoxy) is 1. The van der Waals surface area contributed by atoms with E-state index in [2.05, 4.69) is 11.6 Å². The van der Waals surface area contributed by atoms with Crippen LogP contribution < -0.4 is 16.0 Å². The summed E-state index contributed by atoms with van der Waals surface area (Å²) >= 11 is 0. The highest BCUT2D eigenvalue weighted by Gasteiger charge is 2.11. The molecule has 1 aromatic heterocycles. The molecule has 0 aliphatic rings. The lowest BCUT2D eigenvalue weighted by Crippen LogP contribution is -2.12. The summed E-state index contributed by atoms with van der Waals surface area (Å²) < 4.78 is 30.6. The highest BCUT2D eigenvalue weighted by Crippen LogP contribution is 2.19. The molecule has 0 aromatic carbocycles. The molecule has 0 bridgehead atoms. The van der Waals surface area contributed by atoms with Crippen LogP contribution in [0.1, 0.15) is 0 Å². The molecule has 0 atom stereocenters. The third kappa shape index (κ3) is 2.17. The highest BCUT2D eigenvalue weighted by molar-refractivity contribution is 5.38. The predicted octanol–water partition coefficient (Wildman–Crippen LogP) is 1.21. The second-order valence-corrected chi connectivity index (χ2v) is 2.35. The average Bonchev–Trinajstić information content (AvgIpc) is 2.17. The first-order valence-electron chi connectivity index (χ1n) is 3.75. The molecule has 0 amide bonds. The summed E-state index contributed by atoms with van der Waals surface area (Å²) in [6.45, 7) is 3.46. The summed E-state index contributed by atoms with van der Waals surface area (Å²) in [6.07, 6.45) is 1.42. The summed E-state index contributed by atoms with van der Waals surface area (Å²) in [7, 11) is 0. The van der Waals surface area contributed by atoms with E-state index in [0.717, 1.165) is 0 Å². The molecule has 0 unspecified atom stereocenters. The van der Waals surface area contributed by atoms with Crippen LogP contribution in [0.2, 0.25) is 0 Å². The molecule has 6 heteroatoms. The number of nitrogens with two attached hydrogens (primary N) is 1. The Labute approximate surface area is 79.4 Å². The van der Waals surface area contributed by atoms with Crippen LogP contribution in [-0.2, 0) is 0 Å². The largest absolute Gasteiger partial charge is 0.471 e. The molecule has 0 spiro atoms. The molecular formula is C8H9F2N3O. The van der Waals surface area contributed by atoms with Gasteiger partial charge in [-0.15, -0.1) is 0 Å². The molecule has 0 aliphatic carbocycles. The number of hydrogen-bond acceptors (Lipinski definition) is 4. The molecule has 1 heterocycles. The van der Waals surface area contributed by atoms with Crippen LogP contribution in [0.25, 0.3) is 0 Å². The van der Waals surface area contributed by atoms with Gasteiger partial charge in [0.15, 0.2) is 17.5 Å². The van der Waals surface area contributed by atoms with Gasteiger partial charge in [-0.1, -0.05) is 12.7 Å². The van der Waals surface area contributed by atoms with E-state index >= 15 is 0 Å². The van der Waals surface area contributed by atoms with Gasteiger partial charge in [0.25, 0.3) is 5.88 Å². The molecule has 1 rings (SSSR count). The van der Waals surface area contributed by atoms with Crippen molar-refractivity contribution in [3.8, 4) is 5.88 Å². The fourth-order valence-corrected chi connectivity index (χ4v) is 0.790. The Kier molecular flexibility index (Phi) is 3.35. The second-order valence-electron chi connectivity index (χ2n) is 2.35. The van der Waals surface area contributed by atoms with Crippen LogP contribution in [0.3, 0.4) is 0 Å². The van der Waals surface area contributed by atoms with Crippen molar-refractivity contribution < 1.29 is 13.5 Å². The van der Waals surface area contributed by atoms with Gasteiger partial charge < -0.3 is 10.2 Å². The van der Waals surface area contributed by atoms with Gasteiger partial charge in [0.05, 0.1) is 0 Å². The summed E-state index contributed by atoms with van der Waals surface area (Å²) in [5, 5.41) is 0. The highest BCUT2D eigenvalue weighted by atomic mass is 19.1. The summed E-state index contributed by atoms with van der Waals surface area (Å²) in [5.74, 6) is 2.59. The fraction of sp³-hybridized carbons (Fsp3) is 0.125. The number of hydrazine groups is 1. The number of nitrogen functional groups attached to an aromatic ring is 1. The summed E-state index contributed by atoms with van der Waals surface area (Å²) in [6, 6.07) is 0.639. The number of anilines is 1. The van der Waals surface area contributed by atoms with Gasteiger partial charge in [-0.05, 0) is 0 Å². The van der Waals surface area contributed by atoms with Gasteiger partial charge in [0.2, 0.25) is 0 Å². The molecule has 14 heavy (non-hydrogen) atoms. The molecule has 0 saturated heterocycles. The first-order valence-corrected chi connectivity index (χ1v) is 3.75. The molecule has 0 aliphatic heterocycles. The van der Waals surface area contributed by atoms with Gasteiger partial charge in [-0.3, -0.25) is 0 Å². The lowest BCUT2D eigenvalue weighted by atomic mass is 10.4. The van der Waals surface area contributed by atoms with Crippen LogP contribution in [0.5, 0.6) is 5.88 Å². The SMILES string of the molecule is C=CCOc1nc(NN)c(F)cc1F. The summed E-state index contributed by atoms with van der Waals surface area (Å²) in [4.78, 5) is 3.47. The second kappa shape index (κ2) is 4.52. The Bertz CT molecular complexity index is 344. The number of nitrogens with zero attached hydrogens (tertiary/aromatic N) is 1. The molecule has 1 aromatic rings. The molecule has 0 saturated carbocycles. The normalized spacial score (nSPS) is 9.64. The Morgan fingerprint density at radius 2 is 2.29 bits per heavy atom. The number of pyridine rings is 1. The van der Waals surface area contributed by atoms with Crippen molar-refractivity contribution in [3.05, 3.63) is 30.4 Å². The van der Waals surface area contributed by atoms with Crippen molar-refractivity contribution in [1.29, 1.82) is 0 Å². The van der Waals surface area contributed by atoms with E-state index in [-0.39, 0.29) is 18.3 Å².